The summed E-state index contributed by atoms with van der Waals surface area (Å²) in [5.41, 5.74) is 3.97. The van der Waals surface area contributed by atoms with Crippen molar-refractivity contribution in [3.05, 3.63) is 132 Å². The molecule has 0 saturated heterocycles. The first-order valence-corrected chi connectivity index (χ1v) is 29.3. The zero-order chi connectivity index (χ0) is 59.5. The van der Waals surface area contributed by atoms with Crippen LogP contribution in [0.15, 0.2) is 97.6 Å². The first-order valence-electron chi connectivity index (χ1n) is 25.8. The first-order chi connectivity index (χ1) is 39.2. The summed E-state index contributed by atoms with van der Waals surface area (Å²) in [6.45, 7) is 14.2. The number of para-hydroxylation sites is 2. The fourth-order valence-electron chi connectivity index (χ4n) is 8.56. The molecule has 0 radical (unpaired) electrons. The Morgan fingerprint density at radius 2 is 0.780 bits per heavy atom. The summed E-state index contributed by atoms with van der Waals surface area (Å²) in [6, 6.07) is 20.9. The lowest BCUT2D eigenvalue weighted by molar-refractivity contribution is 0.00360. The number of pyridine rings is 2. The van der Waals surface area contributed by atoms with Gasteiger partial charge in [-0.1, -0.05) is 24.3 Å². The summed E-state index contributed by atoms with van der Waals surface area (Å²) in [4.78, 5) is 26.4. The summed E-state index contributed by atoms with van der Waals surface area (Å²) >= 11 is 0. The van der Waals surface area contributed by atoms with Crippen LogP contribution in [0.3, 0.4) is 0 Å². The Kier molecular flexibility index (Phi) is 20.3. The predicted molar refractivity (Wildman–Crippen MR) is 304 cm³/mol. The Morgan fingerprint density at radius 1 is 0.439 bits per heavy atom. The molecule has 436 valence electrons. The van der Waals surface area contributed by atoms with Crippen LogP contribution in [0.1, 0.15) is 88.2 Å². The van der Waals surface area contributed by atoms with Crippen molar-refractivity contribution >= 4 is 19.7 Å². The number of ether oxygens (including phenoxy) is 8. The molecule has 26 heteroatoms. The van der Waals surface area contributed by atoms with Crippen LogP contribution in [-0.4, -0.2) is 142 Å². The highest BCUT2D eigenvalue weighted by Gasteiger charge is 2.38. The molecule has 0 aliphatic rings. The lowest BCUT2D eigenvalue weighted by Crippen LogP contribution is -2.31. The molecule has 0 bridgehead atoms. The van der Waals surface area contributed by atoms with Gasteiger partial charge in [0, 0.05) is 24.5 Å². The summed E-state index contributed by atoms with van der Waals surface area (Å²) in [6.07, 6.45) is 4.04. The van der Waals surface area contributed by atoms with E-state index in [4.69, 9.17) is 37.9 Å². The average Bonchev–Trinajstić information content (AvgIpc) is 4.27. The largest absolute Gasteiger partial charge is 0.494 e. The molecule has 82 heavy (non-hydrogen) atoms. The normalized spacial score (nSPS) is 13.2. The Bertz CT molecular complexity index is 3370. The quantitative estimate of drug-likeness (QED) is 0.0556. The van der Waals surface area contributed by atoms with Gasteiger partial charge < -0.3 is 37.9 Å². The SMILES string of the molecule is COc1cccc(-c2nnc(CS(=O)(=O)[C@@H](C)[C@@H](OC(C)C)c3cnc(C)cn3)n2-c2c(OC)cccc2OC)n1.COc1cccc(-c2nnc(CS(=O)(=O)[C@H](C)[C@H](OC(C)C)c3cnc(C)cn3)n2-c2c(OC)cccc2OC)n1. The Hall–Kier alpha value is -8.20. The van der Waals surface area contributed by atoms with E-state index in [0.717, 1.165) is 0 Å². The number of hydrogen-bond acceptors (Lipinski definition) is 22. The van der Waals surface area contributed by atoms with Crippen molar-refractivity contribution in [1.29, 1.82) is 0 Å². The van der Waals surface area contributed by atoms with Gasteiger partial charge in [-0.05, 0) is 91.8 Å². The van der Waals surface area contributed by atoms with Gasteiger partial charge >= 0.3 is 0 Å². The van der Waals surface area contributed by atoms with Gasteiger partial charge in [-0.2, -0.15) is 0 Å². The zero-order valence-corrected chi connectivity index (χ0v) is 49.8. The van der Waals surface area contributed by atoms with E-state index in [2.05, 4.69) is 50.3 Å². The second-order valence-corrected chi connectivity index (χ2v) is 23.8. The van der Waals surface area contributed by atoms with Crippen LogP contribution >= 0.6 is 0 Å². The van der Waals surface area contributed by atoms with E-state index in [-0.39, 0.29) is 35.5 Å². The van der Waals surface area contributed by atoms with E-state index in [9.17, 15) is 16.8 Å². The molecule has 2 aromatic carbocycles. The number of aromatic nitrogens is 12. The summed E-state index contributed by atoms with van der Waals surface area (Å²) in [5, 5.41) is 15.4. The second kappa shape index (κ2) is 27.0. The second-order valence-electron chi connectivity index (χ2n) is 19.1. The number of methoxy groups -OCH3 is 6. The number of rotatable bonds is 24. The molecular formula is C56H68N12O12S2. The predicted octanol–water partition coefficient (Wildman–Crippen LogP) is 7.85. The molecule has 0 aliphatic carbocycles. The fraction of sp³-hybridized carbons (Fsp3) is 0.393. The average molecular weight is 1170 g/mol. The van der Waals surface area contributed by atoms with Crippen molar-refractivity contribution in [3.8, 4) is 69.2 Å². The molecular weight excluding hydrogens is 1100 g/mol. The van der Waals surface area contributed by atoms with Gasteiger partial charge in [0.15, 0.2) is 43.0 Å². The molecule has 0 fully saturated rings. The van der Waals surface area contributed by atoms with Crippen LogP contribution in [0.2, 0.25) is 0 Å². The number of hydrogen-bond donors (Lipinski definition) is 0. The number of sulfone groups is 2. The first kappa shape index (κ1) is 61.4. The maximum absolute atomic E-state index is 14.0. The van der Waals surface area contributed by atoms with Crippen molar-refractivity contribution in [3.63, 3.8) is 0 Å². The summed E-state index contributed by atoms with van der Waals surface area (Å²) in [5.74, 6) is 2.33. The third-order valence-corrected chi connectivity index (χ3v) is 16.8. The minimum atomic E-state index is -3.91. The summed E-state index contributed by atoms with van der Waals surface area (Å²) < 4.78 is 104. The zero-order valence-electron chi connectivity index (χ0n) is 48.2. The molecule has 6 aromatic heterocycles. The van der Waals surface area contributed by atoms with Gasteiger partial charge in [-0.15, -0.1) is 20.4 Å². The molecule has 8 rings (SSSR count). The van der Waals surface area contributed by atoms with Crippen molar-refractivity contribution in [2.75, 3.05) is 42.7 Å². The van der Waals surface area contributed by atoms with Gasteiger partial charge in [0.2, 0.25) is 11.8 Å². The topological polar surface area (TPSA) is 281 Å². The lowest BCUT2D eigenvalue weighted by Gasteiger charge is -2.26. The maximum Gasteiger partial charge on any atom is 0.213 e. The van der Waals surface area contributed by atoms with E-state index in [1.54, 1.807) is 121 Å². The van der Waals surface area contributed by atoms with E-state index in [1.807, 2.05) is 41.5 Å². The Balaban J connectivity index is 0.000000236. The highest BCUT2D eigenvalue weighted by molar-refractivity contribution is 7.91. The van der Waals surface area contributed by atoms with Crippen LogP contribution in [0.25, 0.3) is 34.4 Å². The Morgan fingerprint density at radius 3 is 1.07 bits per heavy atom. The molecule has 0 spiro atoms. The minimum absolute atomic E-state index is 0.137. The molecule has 0 amide bonds. The highest BCUT2D eigenvalue weighted by Crippen LogP contribution is 2.40. The van der Waals surface area contributed by atoms with Crippen molar-refractivity contribution in [1.82, 2.24) is 59.4 Å². The molecule has 0 N–H and O–H groups in total. The molecule has 0 saturated carbocycles. The molecule has 0 unspecified atom stereocenters. The molecule has 4 atom stereocenters. The number of nitrogens with zero attached hydrogens (tertiary/aromatic N) is 12. The lowest BCUT2D eigenvalue weighted by atomic mass is 10.2. The van der Waals surface area contributed by atoms with Gasteiger partial charge in [-0.3, -0.25) is 29.1 Å². The van der Waals surface area contributed by atoms with Gasteiger partial charge in [0.1, 0.15) is 69.5 Å². The minimum Gasteiger partial charge on any atom is -0.494 e. The molecule has 24 nitrogen and oxygen atoms in total. The smallest absolute Gasteiger partial charge is 0.213 e. The third kappa shape index (κ3) is 14.1. The van der Waals surface area contributed by atoms with Crippen LogP contribution in [-0.2, 0) is 40.7 Å². The Labute approximate surface area is 477 Å². The molecule has 8 aromatic rings. The number of aryl methyl sites for hydroxylation is 2. The van der Waals surface area contributed by atoms with E-state index >= 15 is 0 Å². The monoisotopic (exact) mass is 1160 g/mol. The molecule has 6 heterocycles. The third-order valence-electron chi connectivity index (χ3n) is 12.7. The maximum atomic E-state index is 14.0. The summed E-state index contributed by atoms with van der Waals surface area (Å²) in [7, 11) is 1.25. The van der Waals surface area contributed by atoms with Crippen LogP contribution in [0.4, 0.5) is 0 Å². The number of benzene rings is 2. The van der Waals surface area contributed by atoms with Gasteiger partial charge in [0.05, 0.1) is 101 Å². The van der Waals surface area contributed by atoms with Crippen LogP contribution in [0, 0.1) is 13.8 Å². The van der Waals surface area contributed by atoms with Gasteiger partial charge in [0.25, 0.3) is 0 Å². The van der Waals surface area contributed by atoms with Crippen molar-refractivity contribution in [2.45, 2.75) is 102 Å². The van der Waals surface area contributed by atoms with E-state index < -0.39 is 53.9 Å². The van der Waals surface area contributed by atoms with Crippen LogP contribution in [0.5, 0.6) is 34.8 Å². The fourth-order valence-corrected chi connectivity index (χ4v) is 11.3. The van der Waals surface area contributed by atoms with E-state index in [1.165, 1.54) is 42.7 Å². The standard InChI is InChI=1S/2C28H34N6O6S/c2*1-17(2)40-27(21-15-29-18(3)14-30-21)19(4)41(35,36)16-24-32-33-28(20-10-8-13-25(31-20)39-7)34(24)26-22(37-5)11-9-12-23(26)38-6/h2*8-15,17,19,27H,16H2,1-7H3/t2*19-,27+/m10/s1. The molecule has 0 aliphatic heterocycles. The highest BCUT2D eigenvalue weighted by atomic mass is 32.2. The van der Waals surface area contributed by atoms with Gasteiger partial charge in [-0.25, -0.2) is 26.8 Å². The van der Waals surface area contributed by atoms with Crippen molar-refractivity contribution in [2.24, 2.45) is 0 Å². The van der Waals surface area contributed by atoms with E-state index in [0.29, 0.717) is 80.3 Å². The van der Waals surface area contributed by atoms with Crippen molar-refractivity contribution < 1.29 is 54.7 Å². The van der Waals surface area contributed by atoms with Crippen LogP contribution < -0.4 is 28.4 Å².